The molecule has 0 saturated heterocycles. The summed E-state index contributed by atoms with van der Waals surface area (Å²) in [6, 6.07) is 73.1. The van der Waals surface area contributed by atoms with Crippen LogP contribution in [0.3, 0.4) is 0 Å². The summed E-state index contributed by atoms with van der Waals surface area (Å²) in [5.74, 6) is 0.850. The van der Waals surface area contributed by atoms with Gasteiger partial charge in [0.05, 0.1) is 6.04 Å². The molecule has 0 N–H and O–H groups in total. The number of fused-ring (bicyclic) bond motifs is 4. The normalized spacial score (nSPS) is 11.7. The topological polar surface area (TPSA) is 27.7 Å². The average Bonchev–Trinajstić information content (AvgIpc) is 3.82. The van der Waals surface area contributed by atoms with Crippen LogP contribution in [0.15, 0.2) is 195 Å². The molecule has 0 aliphatic rings. The van der Waals surface area contributed by atoms with E-state index in [0.717, 1.165) is 72.2 Å². The fourth-order valence-corrected chi connectivity index (χ4v) is 8.56. The van der Waals surface area contributed by atoms with E-state index in [4.69, 9.17) is 4.98 Å². The molecule has 0 fully saturated rings. The standard InChI is InChI=1S/C52H39N4.Pt/c1-37(2)54-36-55(49-28-15-14-27-48(49)54)44-24-16-23-42(34-44)52(40-19-8-4-9-20-40,41-21-10-5-11-22-41)43-29-30-46-45-25-12-13-26-47(45)56(50(46)35-43)51-33-39(31-32-53-51)38-17-6-3-7-18-38;/h3-33,36-37H,1-2H3;/q-1;. The Balaban J connectivity index is 0.00000422. The molecule has 0 bridgehead atoms. The van der Waals surface area contributed by atoms with Gasteiger partial charge in [0.15, 0.2) is 17.4 Å². The van der Waals surface area contributed by atoms with E-state index in [-0.39, 0.29) is 21.1 Å². The number of nitrogens with zero attached hydrogens (tertiary/aromatic N) is 4. The smallest absolute Gasteiger partial charge is 0.188 e. The maximum atomic E-state index is 4.99. The summed E-state index contributed by atoms with van der Waals surface area (Å²) in [4.78, 5) is 4.99. The summed E-state index contributed by atoms with van der Waals surface area (Å²) in [6.45, 7) is 4.46. The van der Waals surface area contributed by atoms with E-state index in [1.807, 2.05) is 6.20 Å². The van der Waals surface area contributed by atoms with E-state index in [1.165, 1.54) is 5.52 Å². The number of pyridine rings is 1. The second-order valence-corrected chi connectivity index (χ2v) is 14.7. The minimum atomic E-state index is -0.774. The molecule has 0 radical (unpaired) electrons. The molecule has 10 rings (SSSR count). The Morgan fingerprint density at radius 2 is 1.16 bits per heavy atom. The number of hydrogen-bond donors (Lipinski definition) is 0. The fourth-order valence-electron chi connectivity index (χ4n) is 8.56. The third-order valence-electron chi connectivity index (χ3n) is 11.1. The van der Waals surface area contributed by atoms with Crippen LogP contribution in [-0.2, 0) is 26.5 Å². The minimum Gasteiger partial charge on any atom is -0.319 e. The van der Waals surface area contributed by atoms with Gasteiger partial charge < -0.3 is 4.57 Å². The van der Waals surface area contributed by atoms with Crippen LogP contribution in [0.2, 0.25) is 0 Å². The van der Waals surface area contributed by atoms with Crippen molar-refractivity contribution in [1.82, 2.24) is 18.7 Å². The zero-order valence-corrected chi connectivity index (χ0v) is 33.9. The molecule has 3 aromatic heterocycles. The zero-order valence-electron chi connectivity index (χ0n) is 31.7. The van der Waals surface area contributed by atoms with Crippen LogP contribution < -0.4 is 0 Å². The number of benzene rings is 7. The van der Waals surface area contributed by atoms with Crippen LogP contribution in [0, 0.1) is 12.1 Å². The van der Waals surface area contributed by atoms with Crippen molar-refractivity contribution >= 4 is 32.8 Å². The first-order valence-corrected chi connectivity index (χ1v) is 19.2. The molecular weight excluding hydrogens is 876 g/mol. The molecule has 278 valence electrons. The van der Waals surface area contributed by atoms with E-state index in [9.17, 15) is 0 Å². The van der Waals surface area contributed by atoms with Crippen LogP contribution in [-0.4, -0.2) is 18.7 Å². The maximum Gasteiger partial charge on any atom is 0.188 e. The summed E-state index contributed by atoms with van der Waals surface area (Å²) in [7, 11) is 0. The first-order chi connectivity index (χ1) is 27.6. The number of rotatable bonds is 8. The van der Waals surface area contributed by atoms with Crippen LogP contribution in [0.1, 0.15) is 42.1 Å². The van der Waals surface area contributed by atoms with Crippen molar-refractivity contribution < 1.29 is 21.1 Å². The Hall–Kier alpha value is -6.35. The number of hydrogen-bond acceptors (Lipinski definition) is 1. The molecule has 7 aromatic carbocycles. The molecule has 10 aromatic rings. The Morgan fingerprint density at radius 1 is 0.544 bits per heavy atom. The van der Waals surface area contributed by atoms with Gasteiger partial charge >= 0.3 is 0 Å². The largest absolute Gasteiger partial charge is 0.319 e. The van der Waals surface area contributed by atoms with Crippen molar-refractivity contribution in [3.63, 3.8) is 0 Å². The molecule has 0 saturated carbocycles. The molecule has 0 unspecified atom stereocenters. The van der Waals surface area contributed by atoms with Gasteiger partial charge in [0.2, 0.25) is 0 Å². The van der Waals surface area contributed by atoms with Crippen LogP contribution in [0.4, 0.5) is 0 Å². The Kier molecular flexibility index (Phi) is 9.52. The Bertz CT molecular complexity index is 2960. The summed E-state index contributed by atoms with van der Waals surface area (Å²) in [6.07, 6.45) is 4.12. The van der Waals surface area contributed by atoms with E-state index < -0.39 is 5.41 Å². The van der Waals surface area contributed by atoms with Gasteiger partial charge in [0, 0.05) is 56.0 Å². The van der Waals surface area contributed by atoms with Gasteiger partial charge in [0.25, 0.3) is 0 Å². The maximum absolute atomic E-state index is 4.99. The minimum absolute atomic E-state index is 0. The van der Waals surface area contributed by atoms with Crippen molar-refractivity contribution in [2.24, 2.45) is 0 Å². The van der Waals surface area contributed by atoms with Gasteiger partial charge in [0.1, 0.15) is 5.82 Å². The third-order valence-corrected chi connectivity index (χ3v) is 11.1. The van der Waals surface area contributed by atoms with E-state index >= 15 is 0 Å². The molecule has 0 spiro atoms. The number of aromatic nitrogens is 4. The molecule has 0 aliphatic carbocycles. The van der Waals surface area contributed by atoms with Gasteiger partial charge in [-0.15, -0.1) is 22.6 Å². The molecule has 0 amide bonds. The van der Waals surface area contributed by atoms with Crippen molar-refractivity contribution in [2.75, 3.05) is 0 Å². The van der Waals surface area contributed by atoms with Gasteiger partial charge in [-0.25, -0.2) is 14.1 Å². The molecule has 4 nitrogen and oxygen atoms in total. The summed E-state index contributed by atoms with van der Waals surface area (Å²) >= 11 is 0. The molecule has 0 atom stereocenters. The van der Waals surface area contributed by atoms with E-state index in [1.54, 1.807) is 0 Å². The van der Waals surface area contributed by atoms with Gasteiger partial charge in [-0.1, -0.05) is 121 Å². The second kappa shape index (κ2) is 15.0. The molecule has 0 aliphatic heterocycles. The van der Waals surface area contributed by atoms with Crippen molar-refractivity contribution in [1.29, 1.82) is 0 Å². The Morgan fingerprint density at radius 3 is 1.86 bits per heavy atom. The number of para-hydroxylation sites is 3. The predicted octanol–water partition coefficient (Wildman–Crippen LogP) is 12.4. The van der Waals surface area contributed by atoms with Crippen molar-refractivity contribution in [2.45, 2.75) is 25.3 Å². The van der Waals surface area contributed by atoms with Crippen LogP contribution >= 0.6 is 0 Å². The third kappa shape index (κ3) is 6.04. The van der Waals surface area contributed by atoms with Crippen molar-refractivity contribution in [3.8, 4) is 22.6 Å². The summed E-state index contributed by atoms with van der Waals surface area (Å²) < 4.78 is 6.88. The van der Waals surface area contributed by atoms with Crippen molar-refractivity contribution in [3.05, 3.63) is 229 Å². The first-order valence-electron chi connectivity index (χ1n) is 19.2. The van der Waals surface area contributed by atoms with E-state index in [0.29, 0.717) is 6.04 Å². The average molecular weight is 915 g/mol. The van der Waals surface area contributed by atoms with Gasteiger partial charge in [-0.3, -0.25) is 0 Å². The second-order valence-electron chi connectivity index (χ2n) is 14.7. The Labute approximate surface area is 347 Å². The molecule has 5 heteroatoms. The number of imidazole rings is 1. The SMILES string of the molecule is CC(C)n1[cH+]n(-c2[c-]c(C(c3[c-]c4c(cc3)c3ccccc3n4-c3cc(-c4ccccc4)ccn3)(c3ccccc3)c3ccccc3)ccc2)c2ccccc21.[Pt]. The molecule has 3 heterocycles. The monoisotopic (exact) mass is 914 g/mol. The van der Waals surface area contributed by atoms with E-state index in [2.05, 4.69) is 228 Å². The predicted molar refractivity (Wildman–Crippen MR) is 230 cm³/mol. The molecule has 57 heavy (non-hydrogen) atoms. The van der Waals surface area contributed by atoms with Crippen LogP contribution in [0.5, 0.6) is 0 Å². The van der Waals surface area contributed by atoms with Gasteiger partial charge in [-0.2, -0.15) is 30.3 Å². The van der Waals surface area contributed by atoms with Gasteiger partial charge in [-0.05, 0) is 71.8 Å². The quantitative estimate of drug-likeness (QED) is 0.110. The first kappa shape index (κ1) is 36.3. The summed E-state index contributed by atoms with van der Waals surface area (Å²) in [5, 5.41) is 2.29. The fraction of sp³-hybridized carbons (Fsp3) is 0.0769. The summed E-state index contributed by atoms with van der Waals surface area (Å²) in [5.41, 5.74) is 11.2. The van der Waals surface area contributed by atoms with Crippen LogP contribution in [0.25, 0.3) is 55.5 Å². The molecular formula is C52H39N4Pt-. The zero-order chi connectivity index (χ0) is 37.6.